The number of carbonyl (C=O) groups excluding carboxylic acids is 2. The molecule has 1 atom stereocenters. The molecule has 0 radical (unpaired) electrons. The average Bonchev–Trinajstić information content (AvgIpc) is 3.36. The minimum Gasteiger partial charge on any atom is -0.467 e. The normalized spacial score (nSPS) is 11.6. The molecule has 0 bridgehead atoms. The number of halogens is 1. The fourth-order valence-corrected chi connectivity index (χ4v) is 6.01. The van der Waals surface area contributed by atoms with Gasteiger partial charge in [0.05, 0.1) is 19.2 Å². The van der Waals surface area contributed by atoms with E-state index in [0.29, 0.717) is 5.56 Å². The van der Waals surface area contributed by atoms with E-state index in [0.717, 1.165) is 36.2 Å². The standard InChI is InChI=1S/C20H23NO3.C13H13ClN4O2S/c1-14-9-8-10-15(2)19(14)21(16(3)20(23)24-4)18(22)13-17-11-6-5-7-12-17;1-9-4-6-10(7-5-9)12-13(14)16-11(8-15)18(12)21(19,20)17(2)3/h5-12,16H,13H2,1-4H3;4-7H,1-3H3/t16-;/m1./s1. The number of ether oxygens (including phenoxy) is 1. The summed E-state index contributed by atoms with van der Waals surface area (Å²) in [6, 6.07) is 23.5. The predicted molar refractivity (Wildman–Crippen MR) is 175 cm³/mol. The molecule has 45 heavy (non-hydrogen) atoms. The van der Waals surface area contributed by atoms with Gasteiger partial charge in [-0.1, -0.05) is 90.0 Å². The Morgan fingerprint density at radius 2 is 1.56 bits per heavy atom. The maximum atomic E-state index is 13.0. The fourth-order valence-electron chi connectivity index (χ4n) is 4.64. The van der Waals surface area contributed by atoms with E-state index in [1.54, 1.807) is 30.0 Å². The van der Waals surface area contributed by atoms with E-state index < -0.39 is 22.2 Å². The number of aryl methyl sites for hydroxylation is 3. The number of esters is 1. The maximum Gasteiger partial charge on any atom is 0.328 e. The fraction of sp³-hybridized carbons (Fsp3) is 0.273. The molecule has 10 nitrogen and oxygen atoms in total. The third-order valence-electron chi connectivity index (χ3n) is 6.99. The van der Waals surface area contributed by atoms with Crippen molar-refractivity contribution in [1.82, 2.24) is 13.3 Å². The minimum atomic E-state index is -3.91. The van der Waals surface area contributed by atoms with Crippen molar-refractivity contribution in [3.05, 3.63) is 106 Å². The molecule has 0 aliphatic heterocycles. The molecule has 0 saturated heterocycles. The lowest BCUT2D eigenvalue weighted by Crippen LogP contribution is -2.45. The predicted octanol–water partition coefficient (Wildman–Crippen LogP) is 5.48. The van der Waals surface area contributed by atoms with E-state index in [2.05, 4.69) is 4.98 Å². The molecular weight excluding hydrogens is 614 g/mol. The number of anilines is 1. The molecule has 0 N–H and O–H groups in total. The first kappa shape index (κ1) is 35.0. The number of nitriles is 1. The third-order valence-corrected chi connectivity index (χ3v) is 8.99. The van der Waals surface area contributed by atoms with Gasteiger partial charge in [-0.05, 0) is 44.4 Å². The van der Waals surface area contributed by atoms with Gasteiger partial charge in [-0.2, -0.15) is 22.0 Å². The topological polar surface area (TPSA) is 126 Å². The number of imidazole rings is 1. The number of para-hydroxylation sites is 1. The van der Waals surface area contributed by atoms with Crippen LogP contribution in [0.5, 0.6) is 0 Å². The molecule has 1 amide bonds. The molecule has 0 aliphatic carbocycles. The second-order valence-electron chi connectivity index (χ2n) is 10.5. The number of methoxy groups -OCH3 is 1. The molecule has 4 rings (SSSR count). The van der Waals surface area contributed by atoms with Gasteiger partial charge in [0.1, 0.15) is 17.8 Å². The molecule has 0 unspecified atom stereocenters. The monoisotopic (exact) mass is 649 g/mol. The number of amides is 1. The van der Waals surface area contributed by atoms with Crippen molar-refractivity contribution in [2.24, 2.45) is 0 Å². The molecule has 1 aromatic heterocycles. The largest absolute Gasteiger partial charge is 0.467 e. The van der Waals surface area contributed by atoms with Gasteiger partial charge in [0.2, 0.25) is 11.7 Å². The molecule has 0 saturated carbocycles. The van der Waals surface area contributed by atoms with Crippen LogP contribution in [0.3, 0.4) is 0 Å². The maximum absolute atomic E-state index is 13.0. The van der Waals surface area contributed by atoms with E-state index in [4.69, 9.17) is 21.6 Å². The van der Waals surface area contributed by atoms with E-state index in [9.17, 15) is 18.0 Å². The van der Waals surface area contributed by atoms with Gasteiger partial charge in [0.15, 0.2) is 5.15 Å². The first-order valence-electron chi connectivity index (χ1n) is 13.9. The van der Waals surface area contributed by atoms with E-state index >= 15 is 0 Å². The quantitative estimate of drug-likeness (QED) is 0.232. The first-order valence-corrected chi connectivity index (χ1v) is 15.7. The lowest BCUT2D eigenvalue weighted by Gasteiger charge is -2.30. The lowest BCUT2D eigenvalue weighted by molar-refractivity contribution is -0.143. The molecule has 4 aromatic rings. The van der Waals surface area contributed by atoms with Crippen LogP contribution < -0.4 is 4.90 Å². The lowest BCUT2D eigenvalue weighted by atomic mass is 10.0. The van der Waals surface area contributed by atoms with Crippen molar-refractivity contribution < 1.29 is 22.7 Å². The van der Waals surface area contributed by atoms with Crippen LogP contribution in [0.15, 0.2) is 72.8 Å². The van der Waals surface area contributed by atoms with Gasteiger partial charge in [0, 0.05) is 19.7 Å². The molecule has 0 spiro atoms. The Morgan fingerprint density at radius 3 is 2.07 bits per heavy atom. The van der Waals surface area contributed by atoms with Crippen LogP contribution in [-0.4, -0.2) is 60.8 Å². The van der Waals surface area contributed by atoms with Crippen LogP contribution in [0.2, 0.25) is 5.15 Å². The van der Waals surface area contributed by atoms with Gasteiger partial charge >= 0.3 is 16.2 Å². The Kier molecular flexibility index (Phi) is 11.7. The van der Waals surface area contributed by atoms with Crippen LogP contribution in [-0.2, 0) is 31.0 Å². The highest BCUT2D eigenvalue weighted by molar-refractivity contribution is 7.87. The SMILES string of the molecule is COC(=O)[C@@H](C)N(C(=O)Cc1ccccc1)c1c(C)cccc1C.Cc1ccc(-c2c(Cl)nc(C#N)n2S(=O)(=O)N(C)C)cc1. The van der Waals surface area contributed by atoms with Crippen molar-refractivity contribution in [1.29, 1.82) is 5.26 Å². The van der Waals surface area contributed by atoms with E-state index in [1.165, 1.54) is 21.2 Å². The number of nitrogens with zero attached hydrogens (tertiary/aromatic N) is 5. The molecular formula is C33H36ClN5O5S. The summed E-state index contributed by atoms with van der Waals surface area (Å²) in [5.74, 6) is -0.833. The van der Waals surface area contributed by atoms with Gasteiger partial charge in [-0.3, -0.25) is 9.69 Å². The molecule has 0 aliphatic rings. The van der Waals surface area contributed by atoms with Crippen molar-refractivity contribution in [2.45, 2.75) is 40.2 Å². The smallest absolute Gasteiger partial charge is 0.328 e. The van der Waals surface area contributed by atoms with Crippen LogP contribution >= 0.6 is 11.6 Å². The Balaban J connectivity index is 0.000000248. The number of hydrogen-bond donors (Lipinski definition) is 0. The third kappa shape index (κ3) is 7.97. The second kappa shape index (κ2) is 15.0. The summed E-state index contributed by atoms with van der Waals surface area (Å²) >= 11 is 6.05. The minimum absolute atomic E-state index is 0.0270. The Bertz CT molecular complexity index is 1790. The number of aromatic nitrogens is 2. The summed E-state index contributed by atoms with van der Waals surface area (Å²) in [4.78, 5) is 30.5. The summed E-state index contributed by atoms with van der Waals surface area (Å²) in [6.45, 7) is 7.49. The molecule has 3 aromatic carbocycles. The van der Waals surface area contributed by atoms with Gasteiger partial charge in [-0.25, -0.2) is 9.78 Å². The van der Waals surface area contributed by atoms with E-state index in [1.807, 2.05) is 81.4 Å². The number of rotatable bonds is 8. The average molecular weight is 650 g/mol. The van der Waals surface area contributed by atoms with Crippen molar-refractivity contribution >= 4 is 39.4 Å². The highest BCUT2D eigenvalue weighted by atomic mass is 35.5. The molecule has 236 valence electrons. The Hall–Kier alpha value is -4.50. The Labute approximate surface area is 269 Å². The zero-order valence-electron chi connectivity index (χ0n) is 26.3. The van der Waals surface area contributed by atoms with Crippen LogP contribution in [0, 0.1) is 32.1 Å². The van der Waals surface area contributed by atoms with Crippen molar-refractivity contribution in [3.63, 3.8) is 0 Å². The highest BCUT2D eigenvalue weighted by Gasteiger charge is 2.30. The van der Waals surface area contributed by atoms with Crippen LogP contribution in [0.1, 0.15) is 35.0 Å². The van der Waals surface area contributed by atoms with E-state index in [-0.39, 0.29) is 29.0 Å². The zero-order valence-corrected chi connectivity index (χ0v) is 27.8. The zero-order chi connectivity index (χ0) is 33.5. The van der Waals surface area contributed by atoms with Crippen molar-refractivity contribution in [2.75, 3.05) is 26.1 Å². The van der Waals surface area contributed by atoms with Crippen molar-refractivity contribution in [3.8, 4) is 17.3 Å². The Morgan fingerprint density at radius 1 is 0.978 bits per heavy atom. The van der Waals surface area contributed by atoms with Crippen LogP contribution in [0.4, 0.5) is 5.69 Å². The molecule has 12 heteroatoms. The summed E-state index contributed by atoms with van der Waals surface area (Å²) in [5.41, 5.74) is 5.37. The first-order chi connectivity index (χ1) is 21.2. The summed E-state index contributed by atoms with van der Waals surface area (Å²) in [7, 11) is 0.186. The summed E-state index contributed by atoms with van der Waals surface area (Å²) in [6.07, 6.45) is 0.232. The van der Waals surface area contributed by atoms with Crippen LogP contribution in [0.25, 0.3) is 11.3 Å². The summed E-state index contributed by atoms with van der Waals surface area (Å²) in [5, 5.41) is 9.09. The number of hydrogen-bond acceptors (Lipinski definition) is 7. The number of carbonyl (C=O) groups is 2. The molecule has 1 heterocycles. The van der Waals surface area contributed by atoms with Gasteiger partial charge < -0.3 is 4.74 Å². The van der Waals surface area contributed by atoms with Gasteiger partial charge in [-0.15, -0.1) is 0 Å². The number of benzene rings is 3. The van der Waals surface area contributed by atoms with Gasteiger partial charge in [0.25, 0.3) is 0 Å². The highest BCUT2D eigenvalue weighted by Crippen LogP contribution is 2.31. The second-order valence-corrected chi connectivity index (χ2v) is 12.8. The molecule has 0 fully saturated rings. The summed E-state index contributed by atoms with van der Waals surface area (Å²) < 4.78 is 31.6.